The lowest BCUT2D eigenvalue weighted by Gasteiger charge is -2.07. The van der Waals surface area contributed by atoms with Gasteiger partial charge in [-0.05, 0) is 29.8 Å². The van der Waals surface area contributed by atoms with E-state index in [9.17, 15) is 14.4 Å². The van der Waals surface area contributed by atoms with Crippen molar-refractivity contribution in [2.75, 3.05) is 18.5 Å². The summed E-state index contributed by atoms with van der Waals surface area (Å²) in [5.74, 6) is -1.45. The van der Waals surface area contributed by atoms with Gasteiger partial charge in [-0.25, -0.2) is 0 Å². The highest BCUT2D eigenvalue weighted by Crippen LogP contribution is 2.09. The lowest BCUT2D eigenvalue weighted by atomic mass is 10.2. The average molecular weight is 377 g/mol. The van der Waals surface area contributed by atoms with Gasteiger partial charge in [0, 0.05) is 18.3 Å². The molecule has 0 saturated heterocycles. The molecule has 0 aromatic heterocycles. The molecule has 0 aliphatic rings. The van der Waals surface area contributed by atoms with E-state index in [0.29, 0.717) is 11.3 Å². The fourth-order valence-electron chi connectivity index (χ4n) is 2.16. The van der Waals surface area contributed by atoms with E-state index in [2.05, 4.69) is 10.6 Å². The zero-order valence-corrected chi connectivity index (χ0v) is 15.1. The summed E-state index contributed by atoms with van der Waals surface area (Å²) in [5.41, 5.74) is 1.74. The maximum absolute atomic E-state index is 11.8. The number of benzene rings is 2. The van der Waals surface area contributed by atoms with Gasteiger partial charge in [-0.15, -0.1) is 0 Å². The minimum absolute atomic E-state index is 0.0535. The summed E-state index contributed by atoms with van der Waals surface area (Å²) in [6.07, 6.45) is 2.99. The van der Waals surface area contributed by atoms with Crippen LogP contribution >= 0.6 is 0 Å². The summed E-state index contributed by atoms with van der Waals surface area (Å²) in [7, 11) is 0. The van der Waals surface area contributed by atoms with E-state index in [0.717, 1.165) is 5.56 Å². The van der Waals surface area contributed by atoms with Crippen LogP contribution < -0.4 is 10.6 Å². The Bertz CT molecular complexity index is 901. The van der Waals surface area contributed by atoms with E-state index in [1.165, 1.54) is 12.1 Å². The number of nitrogens with zero attached hydrogens (tertiary/aromatic N) is 1. The van der Waals surface area contributed by atoms with Crippen LogP contribution in [-0.2, 0) is 19.1 Å². The Hall–Kier alpha value is -3.92. The second kappa shape index (κ2) is 10.9. The molecule has 0 fully saturated rings. The van der Waals surface area contributed by atoms with Gasteiger partial charge < -0.3 is 15.4 Å². The molecule has 0 unspecified atom stereocenters. The first-order valence-corrected chi connectivity index (χ1v) is 8.53. The van der Waals surface area contributed by atoms with Crippen LogP contribution in [0, 0.1) is 11.3 Å². The van der Waals surface area contributed by atoms with Crippen molar-refractivity contribution >= 4 is 29.5 Å². The van der Waals surface area contributed by atoms with Crippen molar-refractivity contribution < 1.29 is 19.1 Å². The molecule has 0 saturated carbocycles. The van der Waals surface area contributed by atoms with Gasteiger partial charge in [0.1, 0.15) is 0 Å². The first-order valence-electron chi connectivity index (χ1n) is 8.53. The fraction of sp³-hybridized carbons (Fsp3) is 0.143. The third kappa shape index (κ3) is 7.54. The monoisotopic (exact) mass is 377 g/mol. The van der Waals surface area contributed by atoms with Gasteiger partial charge in [-0.3, -0.25) is 14.4 Å². The molecule has 2 rings (SSSR count). The summed E-state index contributed by atoms with van der Waals surface area (Å²) in [6, 6.07) is 17.7. The summed E-state index contributed by atoms with van der Waals surface area (Å²) in [6.45, 7) is -0.347. The normalized spacial score (nSPS) is 10.1. The quantitative estimate of drug-likeness (QED) is 0.542. The highest BCUT2D eigenvalue weighted by molar-refractivity contribution is 5.93. The first-order chi connectivity index (χ1) is 13.6. The van der Waals surface area contributed by atoms with E-state index in [4.69, 9.17) is 10.00 Å². The fourth-order valence-corrected chi connectivity index (χ4v) is 2.16. The van der Waals surface area contributed by atoms with Crippen molar-refractivity contribution in [1.29, 1.82) is 5.26 Å². The average Bonchev–Trinajstić information content (AvgIpc) is 2.71. The van der Waals surface area contributed by atoms with Gasteiger partial charge in [0.05, 0.1) is 18.1 Å². The van der Waals surface area contributed by atoms with Crippen LogP contribution in [0.1, 0.15) is 17.5 Å². The molecule has 2 amide bonds. The highest BCUT2D eigenvalue weighted by Gasteiger charge is 2.08. The topological polar surface area (TPSA) is 108 Å². The molecule has 7 nitrogen and oxygen atoms in total. The Kier molecular flexibility index (Phi) is 7.96. The second-order valence-electron chi connectivity index (χ2n) is 5.69. The molecule has 28 heavy (non-hydrogen) atoms. The van der Waals surface area contributed by atoms with Crippen LogP contribution in [0.5, 0.6) is 0 Å². The molecule has 0 heterocycles. The van der Waals surface area contributed by atoms with E-state index in [-0.39, 0.29) is 18.9 Å². The number of carbonyl (C=O) groups excluding carboxylic acids is 3. The second-order valence-corrected chi connectivity index (χ2v) is 5.69. The van der Waals surface area contributed by atoms with E-state index < -0.39 is 18.5 Å². The highest BCUT2D eigenvalue weighted by atomic mass is 16.5. The molecule has 0 aliphatic heterocycles. The van der Waals surface area contributed by atoms with Crippen molar-refractivity contribution in [3.63, 3.8) is 0 Å². The summed E-state index contributed by atoms with van der Waals surface area (Å²) < 4.78 is 4.86. The Morgan fingerprint density at radius 2 is 1.86 bits per heavy atom. The molecule has 142 valence electrons. The summed E-state index contributed by atoms with van der Waals surface area (Å²) in [5, 5.41) is 13.9. The van der Waals surface area contributed by atoms with Crippen molar-refractivity contribution in [1.82, 2.24) is 5.32 Å². The van der Waals surface area contributed by atoms with Crippen LogP contribution in [0.15, 0.2) is 60.7 Å². The van der Waals surface area contributed by atoms with Crippen LogP contribution in [-0.4, -0.2) is 30.9 Å². The molecule has 0 spiro atoms. The molecular formula is C21H19N3O4. The molecule has 2 aromatic rings. The zero-order valence-electron chi connectivity index (χ0n) is 15.1. The largest absolute Gasteiger partial charge is 0.456 e. The van der Waals surface area contributed by atoms with Crippen molar-refractivity contribution in [2.24, 2.45) is 0 Å². The maximum Gasteiger partial charge on any atom is 0.308 e. The third-order valence-electron chi connectivity index (χ3n) is 3.49. The minimum Gasteiger partial charge on any atom is -0.456 e. The van der Waals surface area contributed by atoms with Gasteiger partial charge in [-0.2, -0.15) is 5.26 Å². The molecule has 0 radical (unpaired) electrons. The number of amides is 2. The molecule has 2 N–H and O–H groups in total. The molecular weight excluding hydrogens is 358 g/mol. The Balaban J connectivity index is 1.64. The van der Waals surface area contributed by atoms with Crippen LogP contribution in [0.2, 0.25) is 0 Å². The van der Waals surface area contributed by atoms with Crippen molar-refractivity contribution in [3.05, 3.63) is 71.8 Å². The van der Waals surface area contributed by atoms with E-state index >= 15 is 0 Å². The number of nitriles is 1. The summed E-state index contributed by atoms with van der Waals surface area (Å²) >= 11 is 0. The molecule has 0 aliphatic carbocycles. The first kappa shape index (κ1) is 20.4. The number of hydrogen-bond acceptors (Lipinski definition) is 5. The lowest BCUT2D eigenvalue weighted by molar-refractivity contribution is -0.147. The number of anilines is 1. The van der Waals surface area contributed by atoms with Crippen LogP contribution in [0.4, 0.5) is 5.69 Å². The lowest BCUT2D eigenvalue weighted by Crippen LogP contribution is -2.26. The standard InChI is InChI=1S/C21H19N3O4/c22-14-17-7-4-8-18(13-17)24-20(26)15-28-21(27)11-12-23-19(25)10-9-16-5-2-1-3-6-16/h1-10,13H,11-12,15H2,(H,23,25)(H,24,26)/b10-9+. The van der Waals surface area contributed by atoms with Crippen LogP contribution in [0.25, 0.3) is 6.08 Å². The molecule has 2 aromatic carbocycles. The molecule has 0 atom stereocenters. The van der Waals surface area contributed by atoms with Gasteiger partial charge >= 0.3 is 5.97 Å². The maximum atomic E-state index is 11.8. The number of ether oxygens (including phenoxy) is 1. The van der Waals surface area contributed by atoms with Gasteiger partial charge in [-0.1, -0.05) is 36.4 Å². The number of rotatable bonds is 8. The zero-order chi connectivity index (χ0) is 20.2. The third-order valence-corrected chi connectivity index (χ3v) is 3.49. The molecule has 0 bridgehead atoms. The molecule has 7 heteroatoms. The number of carbonyl (C=O) groups is 3. The predicted octanol–water partition coefficient (Wildman–Crippen LogP) is 2.26. The van der Waals surface area contributed by atoms with Gasteiger partial charge in [0.15, 0.2) is 6.61 Å². The van der Waals surface area contributed by atoms with E-state index in [1.807, 2.05) is 36.4 Å². The van der Waals surface area contributed by atoms with Gasteiger partial charge in [0.2, 0.25) is 5.91 Å². The number of nitrogens with one attached hydrogen (secondary N) is 2. The number of esters is 1. The van der Waals surface area contributed by atoms with Crippen LogP contribution in [0.3, 0.4) is 0 Å². The Morgan fingerprint density at radius 1 is 1.07 bits per heavy atom. The van der Waals surface area contributed by atoms with Gasteiger partial charge in [0.25, 0.3) is 5.91 Å². The minimum atomic E-state index is -0.603. The smallest absolute Gasteiger partial charge is 0.308 e. The van der Waals surface area contributed by atoms with Crippen molar-refractivity contribution in [3.8, 4) is 6.07 Å². The Labute approximate surface area is 162 Å². The number of hydrogen-bond donors (Lipinski definition) is 2. The predicted molar refractivity (Wildman–Crippen MR) is 104 cm³/mol. The SMILES string of the molecule is N#Cc1cccc(NC(=O)COC(=O)CCNC(=O)/C=C/c2ccccc2)c1. The Morgan fingerprint density at radius 3 is 2.61 bits per heavy atom. The summed E-state index contributed by atoms with van der Waals surface area (Å²) in [4.78, 5) is 35.1. The van der Waals surface area contributed by atoms with Crippen molar-refractivity contribution in [2.45, 2.75) is 6.42 Å². The van der Waals surface area contributed by atoms with E-state index in [1.54, 1.807) is 24.3 Å².